The monoisotopic (exact) mass is 297 g/mol. The quantitative estimate of drug-likeness (QED) is 0.776. The molecule has 2 nitrogen and oxygen atoms in total. The van der Waals surface area contributed by atoms with E-state index in [1.165, 1.54) is 16.7 Å². The highest BCUT2D eigenvalue weighted by Gasteiger charge is 2.18. The van der Waals surface area contributed by atoms with Gasteiger partial charge in [-0.05, 0) is 54.2 Å². The minimum Gasteiger partial charge on any atom is -0.491 e. The molecule has 2 rings (SSSR count). The summed E-state index contributed by atoms with van der Waals surface area (Å²) < 4.78 is 5.98. The summed E-state index contributed by atoms with van der Waals surface area (Å²) in [5, 5.41) is 3.42. The van der Waals surface area contributed by atoms with Gasteiger partial charge >= 0.3 is 0 Å². The predicted molar refractivity (Wildman–Crippen MR) is 95.0 cm³/mol. The van der Waals surface area contributed by atoms with Crippen LogP contribution in [0.3, 0.4) is 0 Å². The van der Waals surface area contributed by atoms with Crippen molar-refractivity contribution >= 4 is 5.69 Å². The third-order valence-electron chi connectivity index (χ3n) is 3.89. The molecule has 0 unspecified atom stereocenters. The van der Waals surface area contributed by atoms with Gasteiger partial charge in [0.05, 0.1) is 0 Å². The van der Waals surface area contributed by atoms with Crippen molar-refractivity contribution in [2.75, 3.05) is 18.5 Å². The molecule has 0 saturated heterocycles. The van der Waals surface area contributed by atoms with Gasteiger partial charge in [-0.3, -0.25) is 0 Å². The van der Waals surface area contributed by atoms with Crippen LogP contribution in [0.25, 0.3) is 0 Å². The summed E-state index contributed by atoms with van der Waals surface area (Å²) in [7, 11) is 0. The SMILES string of the molecule is Cc1ccc(NCCOc2ccccc2C(C)(C)C)cc1C. The first-order valence-electron chi connectivity index (χ1n) is 7.91. The fourth-order valence-corrected chi connectivity index (χ4v) is 2.42. The number of nitrogens with one attached hydrogen (secondary N) is 1. The smallest absolute Gasteiger partial charge is 0.123 e. The maximum Gasteiger partial charge on any atom is 0.123 e. The Bertz CT molecular complexity index is 626. The number of aryl methyl sites for hydroxylation is 2. The summed E-state index contributed by atoms with van der Waals surface area (Å²) >= 11 is 0. The Morgan fingerprint density at radius 1 is 0.955 bits per heavy atom. The molecule has 118 valence electrons. The third-order valence-corrected chi connectivity index (χ3v) is 3.89. The molecule has 0 aliphatic rings. The zero-order valence-corrected chi connectivity index (χ0v) is 14.4. The van der Waals surface area contributed by atoms with Crippen LogP contribution >= 0.6 is 0 Å². The van der Waals surface area contributed by atoms with Crippen molar-refractivity contribution in [1.29, 1.82) is 0 Å². The number of hydrogen-bond acceptors (Lipinski definition) is 2. The Hall–Kier alpha value is -1.96. The van der Waals surface area contributed by atoms with Crippen molar-refractivity contribution in [2.45, 2.75) is 40.0 Å². The third kappa shape index (κ3) is 4.27. The van der Waals surface area contributed by atoms with E-state index in [9.17, 15) is 0 Å². The number of para-hydroxylation sites is 1. The van der Waals surface area contributed by atoms with Crippen LogP contribution in [0.4, 0.5) is 5.69 Å². The predicted octanol–water partition coefficient (Wildman–Crippen LogP) is 5.09. The molecular formula is C20H27NO. The topological polar surface area (TPSA) is 21.3 Å². The highest BCUT2D eigenvalue weighted by molar-refractivity contribution is 5.48. The second kappa shape index (κ2) is 6.87. The average Bonchev–Trinajstić information content (AvgIpc) is 2.46. The van der Waals surface area contributed by atoms with E-state index in [0.29, 0.717) is 6.61 Å². The molecule has 2 aromatic rings. The largest absolute Gasteiger partial charge is 0.491 e. The van der Waals surface area contributed by atoms with Crippen LogP contribution in [0.2, 0.25) is 0 Å². The van der Waals surface area contributed by atoms with Crippen LogP contribution in [-0.4, -0.2) is 13.2 Å². The summed E-state index contributed by atoms with van der Waals surface area (Å²) in [6.45, 7) is 12.3. The molecule has 0 heterocycles. The first-order valence-corrected chi connectivity index (χ1v) is 7.91. The lowest BCUT2D eigenvalue weighted by atomic mass is 9.86. The molecule has 0 saturated carbocycles. The lowest BCUT2D eigenvalue weighted by molar-refractivity contribution is 0.323. The zero-order valence-electron chi connectivity index (χ0n) is 14.4. The van der Waals surface area contributed by atoms with Gasteiger partial charge in [0.25, 0.3) is 0 Å². The van der Waals surface area contributed by atoms with Crippen LogP contribution in [0.1, 0.15) is 37.5 Å². The summed E-state index contributed by atoms with van der Waals surface area (Å²) in [4.78, 5) is 0. The number of ether oxygens (including phenoxy) is 1. The minimum atomic E-state index is 0.0953. The Kier molecular flexibility index (Phi) is 5.12. The molecular weight excluding hydrogens is 270 g/mol. The molecule has 0 aliphatic heterocycles. The molecule has 1 N–H and O–H groups in total. The molecule has 0 spiro atoms. The van der Waals surface area contributed by atoms with Crippen molar-refractivity contribution < 1.29 is 4.74 Å². The summed E-state index contributed by atoms with van der Waals surface area (Å²) in [5.41, 5.74) is 5.12. The highest BCUT2D eigenvalue weighted by atomic mass is 16.5. The van der Waals surface area contributed by atoms with Crippen LogP contribution in [0.5, 0.6) is 5.75 Å². The number of hydrogen-bond donors (Lipinski definition) is 1. The molecule has 22 heavy (non-hydrogen) atoms. The van der Waals surface area contributed by atoms with Gasteiger partial charge in [0.1, 0.15) is 12.4 Å². The van der Waals surface area contributed by atoms with Crippen molar-refractivity contribution in [3.05, 3.63) is 59.2 Å². The standard InChI is InChI=1S/C20H27NO/c1-15-10-11-17(14-16(15)2)21-12-13-22-19-9-7-6-8-18(19)20(3,4)5/h6-11,14,21H,12-13H2,1-5H3. The Morgan fingerprint density at radius 2 is 1.68 bits per heavy atom. The fraction of sp³-hybridized carbons (Fsp3) is 0.400. The van der Waals surface area contributed by atoms with E-state index in [1.54, 1.807) is 0 Å². The molecule has 0 atom stereocenters. The first kappa shape index (κ1) is 16.4. The number of rotatable bonds is 5. The van der Waals surface area contributed by atoms with Crippen LogP contribution < -0.4 is 10.1 Å². The van der Waals surface area contributed by atoms with Gasteiger partial charge < -0.3 is 10.1 Å². The first-order chi connectivity index (χ1) is 10.4. The molecule has 0 radical (unpaired) electrons. The van der Waals surface area contributed by atoms with Crippen LogP contribution in [0, 0.1) is 13.8 Å². The summed E-state index contributed by atoms with van der Waals surface area (Å²) in [6, 6.07) is 14.7. The highest BCUT2D eigenvalue weighted by Crippen LogP contribution is 2.30. The van der Waals surface area contributed by atoms with Gasteiger partial charge in [-0.1, -0.05) is 45.0 Å². The van der Waals surface area contributed by atoms with Crippen molar-refractivity contribution in [1.82, 2.24) is 0 Å². The van der Waals surface area contributed by atoms with Gasteiger partial charge in [0.2, 0.25) is 0 Å². The van der Waals surface area contributed by atoms with Gasteiger partial charge in [-0.2, -0.15) is 0 Å². The lowest BCUT2D eigenvalue weighted by Gasteiger charge is -2.22. The summed E-state index contributed by atoms with van der Waals surface area (Å²) in [6.07, 6.45) is 0. The molecule has 0 amide bonds. The van der Waals surface area contributed by atoms with Gasteiger partial charge in [0, 0.05) is 12.2 Å². The van der Waals surface area contributed by atoms with Crippen molar-refractivity contribution in [3.63, 3.8) is 0 Å². The Balaban J connectivity index is 1.90. The number of benzene rings is 2. The maximum absolute atomic E-state index is 5.98. The molecule has 0 fully saturated rings. The summed E-state index contributed by atoms with van der Waals surface area (Å²) in [5.74, 6) is 0.983. The maximum atomic E-state index is 5.98. The fourth-order valence-electron chi connectivity index (χ4n) is 2.42. The van der Waals surface area contributed by atoms with E-state index in [2.05, 4.69) is 76.3 Å². The second-order valence-corrected chi connectivity index (χ2v) is 6.82. The minimum absolute atomic E-state index is 0.0953. The normalized spacial score (nSPS) is 11.3. The van der Waals surface area contributed by atoms with E-state index in [-0.39, 0.29) is 5.41 Å². The van der Waals surface area contributed by atoms with Crippen molar-refractivity contribution in [3.8, 4) is 5.75 Å². The average molecular weight is 297 g/mol. The molecule has 0 aliphatic carbocycles. The lowest BCUT2D eigenvalue weighted by Crippen LogP contribution is -2.16. The van der Waals surface area contributed by atoms with E-state index in [0.717, 1.165) is 18.0 Å². The van der Waals surface area contributed by atoms with E-state index < -0.39 is 0 Å². The van der Waals surface area contributed by atoms with Crippen molar-refractivity contribution in [2.24, 2.45) is 0 Å². The molecule has 2 aromatic carbocycles. The Morgan fingerprint density at radius 3 is 2.36 bits per heavy atom. The van der Waals surface area contributed by atoms with Gasteiger partial charge in [-0.25, -0.2) is 0 Å². The van der Waals surface area contributed by atoms with Gasteiger partial charge in [-0.15, -0.1) is 0 Å². The van der Waals surface area contributed by atoms with Crippen LogP contribution in [-0.2, 0) is 5.41 Å². The zero-order chi connectivity index (χ0) is 16.2. The van der Waals surface area contributed by atoms with E-state index >= 15 is 0 Å². The van der Waals surface area contributed by atoms with Crippen LogP contribution in [0.15, 0.2) is 42.5 Å². The van der Waals surface area contributed by atoms with E-state index in [1.807, 2.05) is 6.07 Å². The molecule has 0 aromatic heterocycles. The second-order valence-electron chi connectivity index (χ2n) is 6.82. The molecule has 2 heteroatoms. The number of anilines is 1. The Labute approximate surface area is 134 Å². The van der Waals surface area contributed by atoms with E-state index in [4.69, 9.17) is 4.74 Å². The molecule has 0 bridgehead atoms. The van der Waals surface area contributed by atoms with Gasteiger partial charge in [0.15, 0.2) is 0 Å².